The van der Waals surface area contributed by atoms with E-state index in [0.717, 1.165) is 23.9 Å². The molecule has 0 aliphatic carbocycles. The van der Waals surface area contributed by atoms with Gasteiger partial charge < -0.3 is 9.90 Å². The predicted molar refractivity (Wildman–Crippen MR) is 88.9 cm³/mol. The molecule has 2 aromatic rings. The van der Waals surface area contributed by atoms with E-state index in [0.29, 0.717) is 16.0 Å². The number of nitriles is 1. The number of benzene rings is 2. The number of thioether (sulfide) groups is 1. The zero-order valence-corrected chi connectivity index (χ0v) is 14.8. The van der Waals surface area contributed by atoms with Gasteiger partial charge in [-0.1, -0.05) is 0 Å². The van der Waals surface area contributed by atoms with Crippen molar-refractivity contribution in [1.82, 2.24) is 0 Å². The first-order valence-corrected chi connectivity index (χ1v) is 9.16. The minimum atomic E-state index is -4.22. The molecule has 0 bridgehead atoms. The molecule has 6 nitrogen and oxygen atoms in total. The molecule has 0 heterocycles. The van der Waals surface area contributed by atoms with E-state index >= 15 is 0 Å². The molecule has 0 atom stereocenters. The smallest absolute Gasteiger partial charge is 0.262 e. The maximum atomic E-state index is 14.1. The summed E-state index contributed by atoms with van der Waals surface area (Å²) >= 11 is 0.738. The molecule has 1 N–H and O–H groups in total. The number of carbonyl (C=O) groups is 1. The molecule has 0 saturated heterocycles. The van der Waals surface area contributed by atoms with Gasteiger partial charge in [0.1, 0.15) is 11.2 Å². The summed E-state index contributed by atoms with van der Waals surface area (Å²) in [6.45, 7) is 3.08. The number of carboxylic acids is 1. The van der Waals surface area contributed by atoms with Gasteiger partial charge in [0, 0.05) is 4.90 Å². The van der Waals surface area contributed by atoms with E-state index in [9.17, 15) is 22.7 Å². The molecular formula is C16H12FN2O4S2-. The number of aromatic carboxylic acids is 1. The molecule has 0 aromatic heterocycles. The molecule has 2 rings (SSSR count). The van der Waals surface area contributed by atoms with E-state index < -0.39 is 21.8 Å². The lowest BCUT2D eigenvalue weighted by Gasteiger charge is -2.15. The third-order valence-corrected chi connectivity index (χ3v) is 5.57. The van der Waals surface area contributed by atoms with Crippen LogP contribution in [0.2, 0.25) is 0 Å². The van der Waals surface area contributed by atoms with Gasteiger partial charge in [-0.15, -0.1) is 0 Å². The molecule has 25 heavy (non-hydrogen) atoms. The Morgan fingerprint density at radius 1 is 1.28 bits per heavy atom. The van der Waals surface area contributed by atoms with E-state index in [4.69, 9.17) is 5.26 Å². The van der Waals surface area contributed by atoms with Crippen LogP contribution in [0.3, 0.4) is 0 Å². The van der Waals surface area contributed by atoms with Gasteiger partial charge in [0.25, 0.3) is 10.0 Å². The normalized spacial score (nSPS) is 11.0. The molecule has 2 aromatic carbocycles. The zero-order valence-electron chi connectivity index (χ0n) is 13.2. The summed E-state index contributed by atoms with van der Waals surface area (Å²) in [6.07, 6.45) is 0. The van der Waals surface area contributed by atoms with Crippen molar-refractivity contribution < 1.29 is 22.7 Å². The highest BCUT2D eigenvalue weighted by Crippen LogP contribution is 2.27. The Morgan fingerprint density at radius 3 is 2.52 bits per heavy atom. The topological polar surface area (TPSA) is 110 Å². The van der Waals surface area contributed by atoms with Gasteiger partial charge >= 0.3 is 0 Å². The van der Waals surface area contributed by atoms with Crippen molar-refractivity contribution in [2.24, 2.45) is 0 Å². The molecule has 0 unspecified atom stereocenters. The molecule has 0 aliphatic rings. The van der Waals surface area contributed by atoms with Gasteiger partial charge in [-0.2, -0.15) is 5.26 Å². The number of carboxylic acid groups (broad SMARTS) is 1. The highest BCUT2D eigenvalue weighted by molar-refractivity contribution is 8.03. The average Bonchev–Trinajstić information content (AvgIpc) is 2.52. The summed E-state index contributed by atoms with van der Waals surface area (Å²) in [6, 6.07) is 5.89. The van der Waals surface area contributed by atoms with Crippen LogP contribution in [0.1, 0.15) is 21.5 Å². The molecule has 0 spiro atoms. The zero-order chi connectivity index (χ0) is 18.8. The molecule has 0 fully saturated rings. The summed E-state index contributed by atoms with van der Waals surface area (Å²) in [7, 11) is -4.22. The Bertz CT molecular complexity index is 998. The molecule has 0 saturated carbocycles. The van der Waals surface area contributed by atoms with Gasteiger partial charge in [0.15, 0.2) is 0 Å². The Balaban J connectivity index is 2.47. The molecule has 130 valence electrons. The summed E-state index contributed by atoms with van der Waals surface area (Å²) in [5.41, 5.74) is 0.195. The van der Waals surface area contributed by atoms with Crippen LogP contribution >= 0.6 is 11.8 Å². The Morgan fingerprint density at radius 2 is 1.96 bits per heavy atom. The van der Waals surface area contributed by atoms with Crippen molar-refractivity contribution in [3.8, 4) is 5.40 Å². The first kappa shape index (κ1) is 18.8. The van der Waals surface area contributed by atoms with Crippen molar-refractivity contribution >= 4 is 33.4 Å². The van der Waals surface area contributed by atoms with Gasteiger partial charge in [0.05, 0.1) is 16.6 Å². The fourth-order valence-corrected chi connectivity index (χ4v) is 3.93. The number of aryl methyl sites for hydroxylation is 1. The number of nitrogens with zero attached hydrogens (tertiary/aromatic N) is 1. The van der Waals surface area contributed by atoms with Crippen LogP contribution in [0.15, 0.2) is 40.1 Å². The third kappa shape index (κ3) is 4.10. The van der Waals surface area contributed by atoms with Gasteiger partial charge in [0.2, 0.25) is 0 Å². The highest BCUT2D eigenvalue weighted by atomic mass is 32.2. The fraction of sp³-hybridized carbons (Fsp3) is 0.125. The minimum absolute atomic E-state index is 0.276. The van der Waals surface area contributed by atoms with E-state index in [1.165, 1.54) is 25.1 Å². The van der Waals surface area contributed by atoms with Gasteiger partial charge in [-0.25, -0.2) is 12.8 Å². The number of halogens is 1. The first-order valence-electron chi connectivity index (χ1n) is 6.86. The lowest BCUT2D eigenvalue weighted by Crippen LogP contribution is -2.24. The molecule has 0 radical (unpaired) electrons. The van der Waals surface area contributed by atoms with Crippen LogP contribution < -0.4 is 9.83 Å². The standard InChI is InChI=1S/C16H13FN2O4S2/c1-9-5-11(16(20)21)6-15(10(9)2)25(22,23)19-14-4-3-12(24-8-18)7-13(14)17/h3-7,19H,1-2H3,(H,20,21)/p-1. The number of hydrogen-bond acceptors (Lipinski definition) is 6. The van der Waals surface area contributed by atoms with Crippen molar-refractivity contribution in [1.29, 1.82) is 5.26 Å². The van der Waals surface area contributed by atoms with Crippen molar-refractivity contribution in [2.45, 2.75) is 23.6 Å². The summed E-state index contributed by atoms with van der Waals surface area (Å²) in [5.74, 6) is -2.36. The summed E-state index contributed by atoms with van der Waals surface area (Å²) in [5, 5.41) is 21.4. The number of rotatable bonds is 5. The van der Waals surface area contributed by atoms with Crippen molar-refractivity contribution in [2.75, 3.05) is 4.72 Å². The summed E-state index contributed by atoms with van der Waals surface area (Å²) < 4.78 is 41.3. The maximum Gasteiger partial charge on any atom is 0.262 e. The van der Waals surface area contributed by atoms with Crippen LogP contribution in [0.4, 0.5) is 10.1 Å². The first-order chi connectivity index (χ1) is 11.7. The lowest BCUT2D eigenvalue weighted by atomic mass is 10.1. The average molecular weight is 379 g/mol. The second-order valence-corrected chi connectivity index (χ2v) is 7.65. The maximum absolute atomic E-state index is 14.1. The second kappa shape index (κ2) is 7.13. The number of nitrogens with one attached hydrogen (secondary N) is 1. The SMILES string of the molecule is Cc1cc(C(=O)[O-])cc(S(=O)(=O)Nc2ccc(SC#N)cc2F)c1C. The minimum Gasteiger partial charge on any atom is -0.545 e. The molecule has 0 amide bonds. The van der Waals surface area contributed by atoms with Crippen LogP contribution in [0.5, 0.6) is 0 Å². The Hall–Kier alpha value is -2.57. The third-order valence-electron chi connectivity index (χ3n) is 3.49. The Labute approximate surface area is 148 Å². The fourth-order valence-electron chi connectivity index (χ4n) is 2.12. The second-order valence-electron chi connectivity index (χ2n) is 5.14. The molecular weight excluding hydrogens is 367 g/mol. The van der Waals surface area contributed by atoms with Crippen LogP contribution in [0.25, 0.3) is 0 Å². The molecule has 9 heteroatoms. The van der Waals surface area contributed by atoms with Crippen molar-refractivity contribution in [3.63, 3.8) is 0 Å². The molecule has 0 aliphatic heterocycles. The van der Waals surface area contributed by atoms with E-state index in [1.807, 2.05) is 0 Å². The van der Waals surface area contributed by atoms with E-state index in [1.54, 1.807) is 12.3 Å². The Kier molecular flexibility index (Phi) is 5.35. The summed E-state index contributed by atoms with van der Waals surface area (Å²) in [4.78, 5) is 11.1. The monoisotopic (exact) mass is 379 g/mol. The lowest BCUT2D eigenvalue weighted by molar-refractivity contribution is -0.255. The number of carbonyl (C=O) groups excluding carboxylic acids is 1. The highest BCUT2D eigenvalue weighted by Gasteiger charge is 2.21. The van der Waals surface area contributed by atoms with E-state index in [2.05, 4.69) is 4.72 Å². The van der Waals surface area contributed by atoms with Crippen molar-refractivity contribution in [3.05, 3.63) is 52.8 Å². The van der Waals surface area contributed by atoms with E-state index in [-0.39, 0.29) is 16.1 Å². The largest absolute Gasteiger partial charge is 0.545 e. The number of thiocyanates is 1. The number of sulfonamides is 1. The van der Waals surface area contributed by atoms with Gasteiger partial charge in [-0.3, -0.25) is 4.72 Å². The van der Waals surface area contributed by atoms with Gasteiger partial charge in [-0.05, 0) is 72.6 Å². The predicted octanol–water partition coefficient (Wildman–Crippen LogP) is 2.18. The van der Waals surface area contributed by atoms with Crippen LogP contribution in [-0.2, 0) is 10.0 Å². The van der Waals surface area contributed by atoms with Crippen LogP contribution in [0, 0.1) is 30.3 Å². The number of anilines is 1. The quantitative estimate of drug-likeness (QED) is 0.630. The number of hydrogen-bond donors (Lipinski definition) is 1. The van der Waals surface area contributed by atoms with Crippen LogP contribution in [-0.4, -0.2) is 14.4 Å².